The summed E-state index contributed by atoms with van der Waals surface area (Å²) in [5.41, 5.74) is 0.629. The average molecular weight is 451 g/mol. The van der Waals surface area contributed by atoms with Crippen LogP contribution in [-0.2, 0) is 14.8 Å². The third kappa shape index (κ3) is 5.27. The molecule has 31 heavy (non-hydrogen) atoms. The first kappa shape index (κ1) is 22.9. The quantitative estimate of drug-likeness (QED) is 0.659. The van der Waals surface area contributed by atoms with Crippen LogP contribution in [0.4, 0.5) is 5.69 Å². The number of carbonyl (C=O) groups excluding carboxylic acids is 1. The standard InChI is InChI=1S/C21H26N2O7S/c1-4-30-19-6-5-16(13-20(19)31(25,26)23-7-9-29-10-8-23)22-21(24)15-11-17(27-2)14-18(12-15)28-3/h5-6,11-14H,4,7-10H2,1-3H3,(H,22,24). The number of rotatable bonds is 8. The van der Waals surface area contributed by atoms with Crippen LogP contribution in [0.1, 0.15) is 17.3 Å². The summed E-state index contributed by atoms with van der Waals surface area (Å²) in [6.07, 6.45) is 0. The molecule has 1 heterocycles. The number of amides is 1. The Morgan fingerprint density at radius 1 is 1.06 bits per heavy atom. The Balaban J connectivity index is 1.92. The summed E-state index contributed by atoms with van der Waals surface area (Å²) in [6.45, 7) is 3.26. The van der Waals surface area contributed by atoms with Gasteiger partial charge in [-0.2, -0.15) is 4.31 Å². The molecule has 1 N–H and O–H groups in total. The molecule has 9 nitrogen and oxygen atoms in total. The Hall–Kier alpha value is -2.82. The van der Waals surface area contributed by atoms with Gasteiger partial charge in [0.2, 0.25) is 10.0 Å². The van der Waals surface area contributed by atoms with Gasteiger partial charge in [0.15, 0.2) is 0 Å². The Bertz CT molecular complexity index is 1010. The Labute approximate surface area is 181 Å². The molecule has 0 atom stereocenters. The molecule has 1 aliphatic rings. The van der Waals surface area contributed by atoms with Crippen molar-refractivity contribution in [3.05, 3.63) is 42.0 Å². The lowest BCUT2D eigenvalue weighted by Gasteiger charge is -2.27. The molecule has 3 rings (SSSR count). The zero-order valence-electron chi connectivity index (χ0n) is 17.7. The smallest absolute Gasteiger partial charge is 0.255 e. The molecular formula is C21H26N2O7S. The Morgan fingerprint density at radius 3 is 2.29 bits per heavy atom. The molecular weight excluding hydrogens is 424 g/mol. The number of nitrogens with one attached hydrogen (secondary N) is 1. The number of methoxy groups -OCH3 is 2. The minimum absolute atomic E-state index is 0.00253. The van der Waals surface area contributed by atoms with E-state index in [1.165, 1.54) is 24.6 Å². The van der Waals surface area contributed by atoms with Crippen molar-refractivity contribution in [3.8, 4) is 17.2 Å². The largest absolute Gasteiger partial charge is 0.497 e. The molecule has 0 saturated carbocycles. The minimum Gasteiger partial charge on any atom is -0.497 e. The van der Waals surface area contributed by atoms with E-state index >= 15 is 0 Å². The van der Waals surface area contributed by atoms with E-state index < -0.39 is 15.9 Å². The van der Waals surface area contributed by atoms with E-state index in [4.69, 9.17) is 18.9 Å². The first-order valence-electron chi connectivity index (χ1n) is 9.78. The lowest BCUT2D eigenvalue weighted by atomic mass is 10.1. The van der Waals surface area contributed by atoms with Crippen LogP contribution in [0, 0.1) is 0 Å². The van der Waals surface area contributed by atoms with Crippen LogP contribution in [0.2, 0.25) is 0 Å². The van der Waals surface area contributed by atoms with E-state index in [1.54, 1.807) is 37.3 Å². The van der Waals surface area contributed by atoms with Crippen molar-refractivity contribution in [1.82, 2.24) is 4.31 Å². The third-order valence-electron chi connectivity index (χ3n) is 4.70. The van der Waals surface area contributed by atoms with Crippen LogP contribution in [0.15, 0.2) is 41.3 Å². The van der Waals surface area contributed by atoms with Crippen LogP contribution in [-0.4, -0.2) is 65.8 Å². The van der Waals surface area contributed by atoms with Crippen molar-refractivity contribution in [3.63, 3.8) is 0 Å². The van der Waals surface area contributed by atoms with Crippen LogP contribution < -0.4 is 19.5 Å². The molecule has 0 bridgehead atoms. The highest BCUT2D eigenvalue weighted by atomic mass is 32.2. The number of sulfonamides is 1. The van der Waals surface area contributed by atoms with E-state index in [9.17, 15) is 13.2 Å². The number of ether oxygens (including phenoxy) is 4. The summed E-state index contributed by atoms with van der Waals surface area (Å²) in [5, 5.41) is 2.73. The summed E-state index contributed by atoms with van der Waals surface area (Å²) in [6, 6.07) is 9.33. The predicted molar refractivity (Wildman–Crippen MR) is 115 cm³/mol. The number of hydrogen-bond donors (Lipinski definition) is 1. The SMILES string of the molecule is CCOc1ccc(NC(=O)c2cc(OC)cc(OC)c2)cc1S(=O)(=O)N1CCOCC1. The fraction of sp³-hybridized carbons (Fsp3) is 0.381. The first-order chi connectivity index (χ1) is 14.9. The van der Waals surface area contributed by atoms with Gasteiger partial charge in [-0.25, -0.2) is 8.42 Å². The summed E-state index contributed by atoms with van der Waals surface area (Å²) >= 11 is 0. The molecule has 0 spiro atoms. The van der Waals surface area contributed by atoms with Crippen molar-refractivity contribution in [2.45, 2.75) is 11.8 Å². The maximum atomic E-state index is 13.2. The number of carbonyl (C=O) groups is 1. The van der Waals surface area contributed by atoms with Gasteiger partial charge in [0.25, 0.3) is 5.91 Å². The van der Waals surface area contributed by atoms with Gasteiger partial charge >= 0.3 is 0 Å². The third-order valence-corrected chi connectivity index (χ3v) is 6.62. The van der Waals surface area contributed by atoms with Gasteiger partial charge in [-0.05, 0) is 37.3 Å². The average Bonchev–Trinajstić information content (AvgIpc) is 2.80. The maximum Gasteiger partial charge on any atom is 0.255 e. The summed E-state index contributed by atoms with van der Waals surface area (Å²) in [5.74, 6) is 0.727. The fourth-order valence-electron chi connectivity index (χ4n) is 3.13. The number of nitrogens with zero attached hydrogens (tertiary/aromatic N) is 1. The predicted octanol–water partition coefficient (Wildman–Crippen LogP) is 2.38. The Kier molecular flexibility index (Phi) is 7.37. The molecule has 10 heteroatoms. The lowest BCUT2D eigenvalue weighted by molar-refractivity contribution is 0.0729. The van der Waals surface area contributed by atoms with Gasteiger partial charge in [-0.3, -0.25) is 4.79 Å². The Morgan fingerprint density at radius 2 is 1.71 bits per heavy atom. The van der Waals surface area contributed by atoms with E-state index in [0.29, 0.717) is 42.6 Å². The second kappa shape index (κ2) is 9.99. The molecule has 1 saturated heterocycles. The highest BCUT2D eigenvalue weighted by molar-refractivity contribution is 7.89. The van der Waals surface area contributed by atoms with E-state index in [2.05, 4.69) is 5.32 Å². The number of hydrogen-bond acceptors (Lipinski definition) is 7. The minimum atomic E-state index is -3.82. The van der Waals surface area contributed by atoms with Gasteiger partial charge < -0.3 is 24.3 Å². The van der Waals surface area contributed by atoms with Crippen LogP contribution in [0.5, 0.6) is 17.2 Å². The highest BCUT2D eigenvalue weighted by Gasteiger charge is 2.30. The maximum absolute atomic E-state index is 13.2. The molecule has 0 unspecified atom stereocenters. The van der Waals surface area contributed by atoms with Gasteiger partial charge in [-0.15, -0.1) is 0 Å². The van der Waals surface area contributed by atoms with Gasteiger partial charge in [0, 0.05) is 30.4 Å². The topological polar surface area (TPSA) is 103 Å². The number of benzene rings is 2. The highest BCUT2D eigenvalue weighted by Crippen LogP contribution is 2.31. The van der Waals surface area contributed by atoms with E-state index in [-0.39, 0.29) is 23.7 Å². The van der Waals surface area contributed by atoms with Crippen molar-refractivity contribution < 1.29 is 32.2 Å². The number of anilines is 1. The van der Waals surface area contributed by atoms with Crippen LogP contribution >= 0.6 is 0 Å². The molecule has 1 fully saturated rings. The van der Waals surface area contributed by atoms with Gasteiger partial charge in [-0.1, -0.05) is 0 Å². The molecule has 0 radical (unpaired) electrons. The molecule has 2 aromatic carbocycles. The van der Waals surface area contributed by atoms with Gasteiger partial charge in [0.1, 0.15) is 22.1 Å². The van der Waals surface area contributed by atoms with Crippen molar-refractivity contribution in [1.29, 1.82) is 0 Å². The monoisotopic (exact) mass is 450 g/mol. The first-order valence-corrected chi connectivity index (χ1v) is 11.2. The lowest BCUT2D eigenvalue weighted by Crippen LogP contribution is -2.40. The summed E-state index contributed by atoms with van der Waals surface area (Å²) < 4.78 is 49.0. The van der Waals surface area contributed by atoms with Crippen molar-refractivity contribution >= 4 is 21.6 Å². The summed E-state index contributed by atoms with van der Waals surface area (Å²) in [7, 11) is -0.839. The molecule has 168 valence electrons. The van der Waals surface area contributed by atoms with E-state index in [0.717, 1.165) is 0 Å². The molecule has 0 aromatic heterocycles. The fourth-order valence-corrected chi connectivity index (χ4v) is 4.70. The normalized spacial score (nSPS) is 14.7. The molecule has 0 aliphatic carbocycles. The molecule has 2 aromatic rings. The second-order valence-electron chi connectivity index (χ2n) is 6.67. The van der Waals surface area contributed by atoms with Crippen LogP contribution in [0.25, 0.3) is 0 Å². The van der Waals surface area contributed by atoms with Crippen LogP contribution in [0.3, 0.4) is 0 Å². The van der Waals surface area contributed by atoms with Gasteiger partial charge in [0.05, 0.1) is 34.0 Å². The van der Waals surface area contributed by atoms with Crippen molar-refractivity contribution in [2.24, 2.45) is 0 Å². The second-order valence-corrected chi connectivity index (χ2v) is 8.57. The molecule has 1 amide bonds. The number of morpholine rings is 1. The summed E-state index contributed by atoms with van der Waals surface area (Å²) in [4.78, 5) is 12.8. The zero-order chi connectivity index (χ0) is 22.4. The van der Waals surface area contributed by atoms with Crippen molar-refractivity contribution in [2.75, 3.05) is 52.4 Å². The van der Waals surface area contributed by atoms with E-state index in [1.807, 2.05) is 0 Å². The zero-order valence-corrected chi connectivity index (χ0v) is 18.5. The molecule has 1 aliphatic heterocycles.